The first kappa shape index (κ1) is 10.6. The number of rotatable bonds is 3. The Morgan fingerprint density at radius 2 is 2.00 bits per heavy atom. The fourth-order valence-electron chi connectivity index (χ4n) is 1.74. The molecule has 1 aliphatic carbocycles. The van der Waals surface area contributed by atoms with Crippen molar-refractivity contribution < 1.29 is 0 Å². The molecule has 1 rings (SSSR count). The Labute approximate surface area is 85.9 Å². The highest BCUT2D eigenvalue weighted by Gasteiger charge is 2.18. The van der Waals surface area contributed by atoms with E-state index in [1.807, 2.05) is 12.2 Å². The summed E-state index contributed by atoms with van der Waals surface area (Å²) in [4.78, 5) is 0. The van der Waals surface area contributed by atoms with Gasteiger partial charge in [0, 0.05) is 17.1 Å². The summed E-state index contributed by atoms with van der Waals surface area (Å²) in [6.45, 7) is 5.75. The van der Waals surface area contributed by atoms with Gasteiger partial charge in [0.05, 0.1) is 0 Å². The van der Waals surface area contributed by atoms with E-state index in [4.69, 9.17) is 11.6 Å². The van der Waals surface area contributed by atoms with Crippen LogP contribution in [0.2, 0.25) is 0 Å². The molecule has 0 aromatic rings. The monoisotopic (exact) mass is 199 g/mol. The van der Waals surface area contributed by atoms with Gasteiger partial charge in [-0.05, 0) is 38.7 Å². The highest BCUT2D eigenvalue weighted by atomic mass is 35.5. The van der Waals surface area contributed by atoms with E-state index in [0.717, 1.165) is 12.8 Å². The molecule has 13 heavy (non-hydrogen) atoms. The van der Waals surface area contributed by atoms with Crippen molar-refractivity contribution in [3.63, 3.8) is 0 Å². The molecular weight excluding hydrogens is 182 g/mol. The second-order valence-electron chi connectivity index (χ2n) is 3.68. The molecule has 0 heterocycles. The quantitative estimate of drug-likeness (QED) is 0.544. The normalized spacial score (nSPS) is 29.8. The second kappa shape index (κ2) is 5.33. The van der Waals surface area contributed by atoms with Crippen LogP contribution in [0.5, 0.6) is 0 Å². The van der Waals surface area contributed by atoms with Crippen molar-refractivity contribution >= 4 is 11.6 Å². The summed E-state index contributed by atoms with van der Waals surface area (Å²) in [5, 5.41) is 3.88. The summed E-state index contributed by atoms with van der Waals surface area (Å²) in [7, 11) is 0. The Hall–Kier alpha value is -0.430. The Bertz CT molecular complexity index is 190. The van der Waals surface area contributed by atoms with Gasteiger partial charge in [-0.3, -0.25) is 0 Å². The molecule has 0 atom stereocenters. The van der Waals surface area contributed by atoms with E-state index in [1.165, 1.54) is 18.5 Å². The molecule has 0 aromatic heterocycles. The Morgan fingerprint density at radius 1 is 1.38 bits per heavy atom. The second-order valence-corrected chi connectivity index (χ2v) is 4.30. The molecule has 1 N–H and O–H groups in total. The highest BCUT2D eigenvalue weighted by Crippen LogP contribution is 2.23. The molecule has 0 bridgehead atoms. The van der Waals surface area contributed by atoms with E-state index in [0.29, 0.717) is 11.4 Å². The van der Waals surface area contributed by atoms with Crippen LogP contribution in [-0.4, -0.2) is 11.4 Å². The van der Waals surface area contributed by atoms with E-state index in [9.17, 15) is 0 Å². The predicted octanol–water partition coefficient (Wildman–Crippen LogP) is 3.22. The van der Waals surface area contributed by atoms with Crippen LogP contribution in [0.25, 0.3) is 0 Å². The first-order valence-corrected chi connectivity index (χ1v) is 5.36. The average molecular weight is 200 g/mol. The fourth-order valence-corrected chi connectivity index (χ4v) is 2.00. The molecule has 0 amide bonds. The van der Waals surface area contributed by atoms with Gasteiger partial charge in [-0.25, -0.2) is 0 Å². The summed E-state index contributed by atoms with van der Waals surface area (Å²) in [6.07, 6.45) is 8.48. The molecule has 0 aliphatic heterocycles. The number of halogens is 1. The molecule has 1 saturated carbocycles. The van der Waals surface area contributed by atoms with Crippen molar-refractivity contribution in [3.8, 4) is 0 Å². The van der Waals surface area contributed by atoms with Gasteiger partial charge in [0.1, 0.15) is 0 Å². The third kappa shape index (κ3) is 3.86. The Kier molecular flexibility index (Phi) is 4.37. The van der Waals surface area contributed by atoms with Crippen molar-refractivity contribution in [2.45, 2.75) is 44.0 Å². The third-order valence-electron chi connectivity index (χ3n) is 2.46. The maximum absolute atomic E-state index is 6.02. The Morgan fingerprint density at radius 3 is 2.54 bits per heavy atom. The minimum atomic E-state index is 0.404. The number of allylic oxidation sites excluding steroid dienone is 3. The van der Waals surface area contributed by atoms with Crippen LogP contribution in [0.4, 0.5) is 0 Å². The first-order valence-electron chi connectivity index (χ1n) is 4.92. The summed E-state index contributed by atoms with van der Waals surface area (Å²) in [5.41, 5.74) is 1.20. The molecule has 0 aromatic carbocycles. The van der Waals surface area contributed by atoms with E-state index in [1.54, 1.807) is 0 Å². The standard InChI is InChI=1S/C11H18ClN/c1-3-4-9(2)13-11-7-5-10(12)6-8-11/h3-4,10-11,13H,1,5-8H2,2H3/b9-4-. The number of nitrogens with one attached hydrogen (secondary N) is 1. The molecule has 0 spiro atoms. The average Bonchev–Trinajstić information content (AvgIpc) is 2.09. The molecule has 0 unspecified atom stereocenters. The summed E-state index contributed by atoms with van der Waals surface area (Å²) in [6, 6.07) is 0.617. The molecule has 0 radical (unpaired) electrons. The molecule has 1 aliphatic rings. The topological polar surface area (TPSA) is 12.0 Å². The van der Waals surface area contributed by atoms with Crippen LogP contribution in [-0.2, 0) is 0 Å². The van der Waals surface area contributed by atoms with Crippen molar-refractivity contribution in [2.75, 3.05) is 0 Å². The smallest absolute Gasteiger partial charge is 0.0337 e. The first-order chi connectivity index (χ1) is 6.22. The lowest BCUT2D eigenvalue weighted by Crippen LogP contribution is -2.32. The summed E-state index contributed by atoms with van der Waals surface area (Å²) < 4.78 is 0. The Balaban J connectivity index is 2.30. The summed E-state index contributed by atoms with van der Waals surface area (Å²) >= 11 is 6.02. The molecular formula is C11H18ClN. The van der Waals surface area contributed by atoms with Crippen molar-refractivity contribution in [3.05, 3.63) is 24.4 Å². The van der Waals surface area contributed by atoms with Gasteiger partial charge in [-0.2, -0.15) is 0 Å². The third-order valence-corrected chi connectivity index (χ3v) is 2.89. The maximum atomic E-state index is 6.02. The molecule has 1 nitrogen and oxygen atoms in total. The van der Waals surface area contributed by atoms with Crippen molar-refractivity contribution in [1.82, 2.24) is 5.32 Å². The minimum absolute atomic E-state index is 0.404. The van der Waals surface area contributed by atoms with Crippen molar-refractivity contribution in [1.29, 1.82) is 0 Å². The van der Waals surface area contributed by atoms with Crippen LogP contribution in [0.15, 0.2) is 24.4 Å². The van der Waals surface area contributed by atoms with Gasteiger partial charge in [-0.15, -0.1) is 11.6 Å². The van der Waals surface area contributed by atoms with Gasteiger partial charge in [0.2, 0.25) is 0 Å². The van der Waals surface area contributed by atoms with Gasteiger partial charge < -0.3 is 5.32 Å². The molecule has 1 fully saturated rings. The van der Waals surface area contributed by atoms with Crippen LogP contribution in [0.1, 0.15) is 32.6 Å². The summed E-state index contributed by atoms with van der Waals surface area (Å²) in [5.74, 6) is 0. The van der Waals surface area contributed by atoms with E-state index >= 15 is 0 Å². The van der Waals surface area contributed by atoms with Gasteiger partial charge in [0.25, 0.3) is 0 Å². The zero-order valence-electron chi connectivity index (χ0n) is 8.22. The lowest BCUT2D eigenvalue weighted by atomic mass is 9.95. The number of hydrogen-bond donors (Lipinski definition) is 1. The van der Waals surface area contributed by atoms with Gasteiger partial charge in [-0.1, -0.05) is 12.7 Å². The molecule has 2 heteroatoms. The van der Waals surface area contributed by atoms with E-state index < -0.39 is 0 Å². The zero-order chi connectivity index (χ0) is 9.68. The fraction of sp³-hybridized carbons (Fsp3) is 0.636. The van der Waals surface area contributed by atoms with Crippen LogP contribution >= 0.6 is 11.6 Å². The van der Waals surface area contributed by atoms with Crippen molar-refractivity contribution in [2.24, 2.45) is 0 Å². The van der Waals surface area contributed by atoms with E-state index in [-0.39, 0.29) is 0 Å². The largest absolute Gasteiger partial charge is 0.386 e. The lowest BCUT2D eigenvalue weighted by molar-refractivity contribution is 0.401. The zero-order valence-corrected chi connectivity index (χ0v) is 8.98. The molecule has 74 valence electrons. The predicted molar refractivity (Wildman–Crippen MR) is 59.0 cm³/mol. The molecule has 0 saturated heterocycles. The van der Waals surface area contributed by atoms with Crippen LogP contribution in [0.3, 0.4) is 0 Å². The maximum Gasteiger partial charge on any atom is 0.0337 e. The highest BCUT2D eigenvalue weighted by molar-refractivity contribution is 6.20. The number of alkyl halides is 1. The number of hydrogen-bond acceptors (Lipinski definition) is 1. The van der Waals surface area contributed by atoms with Crippen LogP contribution in [0, 0.1) is 0 Å². The SMILES string of the molecule is C=C/C=C(/C)NC1CCC(Cl)CC1. The van der Waals surface area contributed by atoms with Gasteiger partial charge in [0.15, 0.2) is 0 Å². The van der Waals surface area contributed by atoms with Crippen LogP contribution < -0.4 is 5.32 Å². The minimum Gasteiger partial charge on any atom is -0.386 e. The van der Waals surface area contributed by atoms with Gasteiger partial charge >= 0.3 is 0 Å². The lowest BCUT2D eigenvalue weighted by Gasteiger charge is -2.26. The van der Waals surface area contributed by atoms with E-state index in [2.05, 4.69) is 18.8 Å².